The molecule has 2 aromatic carbocycles. The molecule has 0 bridgehead atoms. The molecule has 2 heterocycles. The number of aryl methyl sites for hydroxylation is 1. The number of nitrogens with zero attached hydrogens (tertiary/aromatic N) is 1. The number of H-pyrrole nitrogens is 1. The summed E-state index contributed by atoms with van der Waals surface area (Å²) < 4.78 is 5.30. The van der Waals surface area contributed by atoms with Crippen LogP contribution in [0.5, 0.6) is 5.75 Å². The summed E-state index contributed by atoms with van der Waals surface area (Å²) in [5.41, 5.74) is 6.17. The Balaban J connectivity index is 1.52. The molecular formula is C28H35N3O4. The maximum atomic E-state index is 12.5. The number of carbonyl (C=O) groups is 2. The van der Waals surface area contributed by atoms with Gasteiger partial charge >= 0.3 is 0 Å². The second-order valence-electron chi connectivity index (χ2n) is 9.35. The zero-order valence-corrected chi connectivity index (χ0v) is 20.8. The van der Waals surface area contributed by atoms with Crippen molar-refractivity contribution in [2.75, 3.05) is 33.3 Å². The van der Waals surface area contributed by atoms with E-state index in [-0.39, 0.29) is 12.5 Å². The second-order valence-corrected chi connectivity index (χ2v) is 9.35. The van der Waals surface area contributed by atoms with Gasteiger partial charge in [0.05, 0.1) is 25.3 Å². The van der Waals surface area contributed by atoms with E-state index in [9.17, 15) is 14.7 Å². The molecule has 1 fully saturated rings. The SMILES string of the molecule is CCc1c(-c2ccc(OC)c(C=O)c2)[nH]c2ccc(C3CCN(C(=O)CNCC(C)O)CC3)cc12. The van der Waals surface area contributed by atoms with Gasteiger partial charge in [-0.2, -0.15) is 0 Å². The topological polar surface area (TPSA) is 94.7 Å². The lowest BCUT2D eigenvalue weighted by molar-refractivity contribution is -0.131. The van der Waals surface area contributed by atoms with Crippen LogP contribution < -0.4 is 10.1 Å². The number of amides is 1. The number of fused-ring (bicyclic) bond motifs is 1. The summed E-state index contributed by atoms with van der Waals surface area (Å²) in [6.07, 6.45) is 3.12. The molecule has 7 heteroatoms. The van der Waals surface area contributed by atoms with Gasteiger partial charge in [0.1, 0.15) is 5.75 Å². The van der Waals surface area contributed by atoms with Gasteiger partial charge in [-0.1, -0.05) is 13.0 Å². The average molecular weight is 478 g/mol. The fourth-order valence-electron chi connectivity index (χ4n) is 5.08. The number of ether oxygens (including phenoxy) is 1. The minimum absolute atomic E-state index is 0.0947. The number of piperidine rings is 1. The molecule has 35 heavy (non-hydrogen) atoms. The molecule has 3 aromatic rings. The monoisotopic (exact) mass is 477 g/mol. The van der Waals surface area contributed by atoms with Gasteiger partial charge in [0.2, 0.25) is 5.91 Å². The Labute approximate surface area is 206 Å². The Morgan fingerprint density at radius 3 is 2.69 bits per heavy atom. The van der Waals surface area contributed by atoms with Crippen LogP contribution in [0, 0.1) is 0 Å². The van der Waals surface area contributed by atoms with Crippen molar-refractivity contribution in [1.29, 1.82) is 0 Å². The maximum Gasteiger partial charge on any atom is 0.236 e. The first-order valence-corrected chi connectivity index (χ1v) is 12.4. The van der Waals surface area contributed by atoms with E-state index in [1.807, 2.05) is 23.1 Å². The molecule has 1 unspecified atom stereocenters. The fourth-order valence-corrected chi connectivity index (χ4v) is 5.08. The molecule has 0 saturated carbocycles. The zero-order chi connectivity index (χ0) is 24.9. The van der Waals surface area contributed by atoms with Gasteiger partial charge in [-0.3, -0.25) is 9.59 Å². The number of likely N-dealkylation sites (tertiary alicyclic amines) is 1. The largest absolute Gasteiger partial charge is 0.496 e. The van der Waals surface area contributed by atoms with Crippen LogP contribution in [-0.4, -0.2) is 66.6 Å². The lowest BCUT2D eigenvalue weighted by atomic mass is 9.88. The van der Waals surface area contributed by atoms with E-state index in [0.29, 0.717) is 23.8 Å². The Hall–Kier alpha value is -3.16. The number of rotatable bonds is 9. The van der Waals surface area contributed by atoms with Crippen LogP contribution >= 0.6 is 0 Å². The van der Waals surface area contributed by atoms with E-state index in [0.717, 1.165) is 55.4 Å². The molecule has 1 atom stereocenters. The number of nitrogens with one attached hydrogen (secondary N) is 2. The van der Waals surface area contributed by atoms with Gasteiger partial charge in [0, 0.05) is 36.2 Å². The first-order chi connectivity index (χ1) is 16.9. The summed E-state index contributed by atoms with van der Waals surface area (Å²) in [6, 6.07) is 12.3. The van der Waals surface area contributed by atoms with Gasteiger partial charge < -0.3 is 25.0 Å². The number of aliphatic hydroxyl groups excluding tert-OH is 1. The normalized spacial score (nSPS) is 15.4. The van der Waals surface area contributed by atoms with Gasteiger partial charge in [-0.05, 0) is 79.1 Å². The number of carbonyl (C=O) groups excluding carboxylic acids is 2. The molecule has 0 radical (unpaired) electrons. The number of aliphatic hydroxyl groups is 1. The number of methoxy groups -OCH3 is 1. The van der Waals surface area contributed by atoms with Crippen molar-refractivity contribution < 1.29 is 19.4 Å². The second kappa shape index (κ2) is 11.1. The summed E-state index contributed by atoms with van der Waals surface area (Å²) in [6.45, 7) is 6.04. The fraction of sp³-hybridized carbons (Fsp3) is 0.429. The zero-order valence-electron chi connectivity index (χ0n) is 20.8. The number of aromatic amines is 1. The van der Waals surface area contributed by atoms with Crippen molar-refractivity contribution >= 4 is 23.1 Å². The summed E-state index contributed by atoms with van der Waals surface area (Å²) in [5.74, 6) is 1.08. The number of benzene rings is 2. The molecular weight excluding hydrogens is 442 g/mol. The highest BCUT2D eigenvalue weighted by atomic mass is 16.5. The smallest absolute Gasteiger partial charge is 0.236 e. The standard InChI is InChI=1S/C28H35N3O4/c1-4-23-24-14-20(19-9-11-31(12-10-19)27(34)16-29-15-18(2)33)5-7-25(24)30-28(23)21-6-8-26(35-3)22(13-21)17-32/h5-8,13-14,17-19,29-30,33H,4,9-12,15-16H2,1-3H3. The van der Waals surface area contributed by atoms with Gasteiger partial charge in [-0.15, -0.1) is 0 Å². The third-order valence-corrected chi connectivity index (χ3v) is 6.96. The molecule has 0 aliphatic carbocycles. The van der Waals surface area contributed by atoms with Crippen molar-refractivity contribution in [2.24, 2.45) is 0 Å². The Bertz CT molecular complexity index is 1190. The molecule has 1 aliphatic heterocycles. The summed E-state index contributed by atoms with van der Waals surface area (Å²) in [7, 11) is 1.57. The first-order valence-electron chi connectivity index (χ1n) is 12.4. The van der Waals surface area contributed by atoms with E-state index in [4.69, 9.17) is 4.74 Å². The highest BCUT2D eigenvalue weighted by Gasteiger charge is 2.24. The number of aldehydes is 1. The van der Waals surface area contributed by atoms with Crippen LogP contribution in [0.15, 0.2) is 36.4 Å². The number of hydrogen-bond donors (Lipinski definition) is 3. The van der Waals surface area contributed by atoms with E-state index in [2.05, 4.69) is 35.4 Å². The highest BCUT2D eigenvalue weighted by Crippen LogP contribution is 2.36. The number of hydrogen-bond acceptors (Lipinski definition) is 5. The molecule has 4 rings (SSSR count). The van der Waals surface area contributed by atoms with Crippen LogP contribution in [0.1, 0.15) is 54.1 Å². The Morgan fingerprint density at radius 2 is 2.03 bits per heavy atom. The van der Waals surface area contributed by atoms with Crippen LogP contribution in [0.3, 0.4) is 0 Å². The van der Waals surface area contributed by atoms with E-state index in [1.165, 1.54) is 16.5 Å². The van der Waals surface area contributed by atoms with Crippen LogP contribution in [0.25, 0.3) is 22.2 Å². The molecule has 1 amide bonds. The maximum absolute atomic E-state index is 12.5. The minimum Gasteiger partial charge on any atom is -0.496 e. The molecule has 0 spiro atoms. The molecule has 3 N–H and O–H groups in total. The lowest BCUT2D eigenvalue weighted by Crippen LogP contribution is -2.43. The summed E-state index contributed by atoms with van der Waals surface area (Å²) in [4.78, 5) is 29.5. The third-order valence-electron chi connectivity index (χ3n) is 6.96. The number of aromatic nitrogens is 1. The van der Waals surface area contributed by atoms with Crippen molar-refractivity contribution in [3.8, 4) is 17.0 Å². The quantitative estimate of drug-likeness (QED) is 0.407. The molecule has 1 aliphatic rings. The van der Waals surface area contributed by atoms with E-state index >= 15 is 0 Å². The van der Waals surface area contributed by atoms with Crippen molar-refractivity contribution in [1.82, 2.24) is 15.2 Å². The predicted molar refractivity (Wildman–Crippen MR) is 138 cm³/mol. The minimum atomic E-state index is -0.456. The molecule has 1 aromatic heterocycles. The van der Waals surface area contributed by atoms with E-state index in [1.54, 1.807) is 14.0 Å². The van der Waals surface area contributed by atoms with Crippen molar-refractivity contribution in [3.63, 3.8) is 0 Å². The van der Waals surface area contributed by atoms with Crippen LogP contribution in [0.2, 0.25) is 0 Å². The summed E-state index contributed by atoms with van der Waals surface area (Å²) >= 11 is 0. The van der Waals surface area contributed by atoms with Crippen molar-refractivity contribution in [3.05, 3.63) is 53.1 Å². The van der Waals surface area contributed by atoms with Gasteiger partial charge in [0.25, 0.3) is 0 Å². The predicted octanol–water partition coefficient (Wildman–Crippen LogP) is 3.89. The molecule has 1 saturated heterocycles. The van der Waals surface area contributed by atoms with Gasteiger partial charge in [0.15, 0.2) is 6.29 Å². The van der Waals surface area contributed by atoms with Gasteiger partial charge in [-0.25, -0.2) is 0 Å². The van der Waals surface area contributed by atoms with Crippen LogP contribution in [-0.2, 0) is 11.2 Å². The molecule has 186 valence electrons. The molecule has 7 nitrogen and oxygen atoms in total. The lowest BCUT2D eigenvalue weighted by Gasteiger charge is -2.32. The third kappa shape index (κ3) is 5.41. The average Bonchev–Trinajstić information content (AvgIpc) is 3.25. The van der Waals surface area contributed by atoms with Crippen LogP contribution in [0.4, 0.5) is 0 Å². The van der Waals surface area contributed by atoms with E-state index < -0.39 is 6.10 Å². The summed E-state index contributed by atoms with van der Waals surface area (Å²) in [5, 5.41) is 13.6. The Kier molecular flexibility index (Phi) is 7.88. The highest BCUT2D eigenvalue weighted by molar-refractivity contribution is 5.92. The van der Waals surface area contributed by atoms with Crippen molar-refractivity contribution in [2.45, 2.75) is 45.1 Å². The first kappa shape index (κ1) is 24.9. The Morgan fingerprint density at radius 1 is 1.26 bits per heavy atom.